The monoisotopic (exact) mass is 388 g/mol. The van der Waals surface area contributed by atoms with Crippen LogP contribution in [0.5, 0.6) is 0 Å². The number of hydrogen-bond donors (Lipinski definition) is 2. The van der Waals surface area contributed by atoms with Crippen LogP contribution in [0.3, 0.4) is 0 Å². The number of nitrogens with zero attached hydrogens (tertiary/aromatic N) is 2. The molecule has 2 heterocycles. The van der Waals surface area contributed by atoms with Gasteiger partial charge in [0.05, 0.1) is 11.1 Å². The van der Waals surface area contributed by atoms with E-state index in [0.717, 1.165) is 22.9 Å². The highest BCUT2D eigenvalue weighted by Crippen LogP contribution is 2.32. The lowest BCUT2D eigenvalue weighted by Gasteiger charge is -2.10. The van der Waals surface area contributed by atoms with Crippen LogP contribution < -0.4 is 16.6 Å². The van der Waals surface area contributed by atoms with Crippen LogP contribution >= 0.6 is 23.1 Å². The largest absolute Gasteiger partial charge is 0.351 e. The van der Waals surface area contributed by atoms with E-state index in [1.165, 1.54) is 15.9 Å². The Morgan fingerprint density at radius 2 is 2.04 bits per heavy atom. The van der Waals surface area contributed by atoms with Crippen molar-refractivity contribution in [2.24, 2.45) is 5.73 Å². The van der Waals surface area contributed by atoms with E-state index in [-0.39, 0.29) is 11.3 Å². The zero-order valence-corrected chi connectivity index (χ0v) is 15.5. The van der Waals surface area contributed by atoms with E-state index in [0.29, 0.717) is 21.9 Å². The number of carbonyl (C=O) groups excluding carboxylic acids is 2. The maximum atomic E-state index is 13.0. The lowest BCUT2D eigenvalue weighted by Crippen LogP contribution is -2.36. The number of thiophene rings is 1. The molecule has 9 heteroatoms. The van der Waals surface area contributed by atoms with Crippen molar-refractivity contribution in [2.75, 3.05) is 5.75 Å². The molecule has 0 saturated heterocycles. The Morgan fingerprint density at radius 1 is 1.31 bits per heavy atom. The second kappa shape index (κ2) is 7.71. The number of amides is 3. The van der Waals surface area contributed by atoms with Gasteiger partial charge in [0.1, 0.15) is 4.83 Å². The first-order chi connectivity index (χ1) is 12.5. The molecule has 2 aromatic heterocycles. The van der Waals surface area contributed by atoms with Crippen LogP contribution in [-0.4, -0.2) is 27.2 Å². The summed E-state index contributed by atoms with van der Waals surface area (Å²) in [6, 6.07) is 8.77. The summed E-state index contributed by atoms with van der Waals surface area (Å²) >= 11 is 2.48. The predicted molar refractivity (Wildman–Crippen MR) is 103 cm³/mol. The third-order valence-corrected chi connectivity index (χ3v) is 5.50. The normalized spacial score (nSPS) is 10.8. The maximum Gasteiger partial charge on any atom is 0.318 e. The van der Waals surface area contributed by atoms with Gasteiger partial charge < -0.3 is 5.73 Å². The highest BCUT2D eigenvalue weighted by atomic mass is 32.2. The van der Waals surface area contributed by atoms with Crippen LogP contribution in [0.25, 0.3) is 21.3 Å². The molecule has 0 bridgehead atoms. The molecule has 3 rings (SSSR count). The van der Waals surface area contributed by atoms with Crippen LogP contribution in [-0.2, 0) is 11.3 Å². The van der Waals surface area contributed by atoms with Gasteiger partial charge in [-0.05, 0) is 12.5 Å². The first kappa shape index (κ1) is 18.2. The number of carbonyl (C=O) groups is 2. The number of urea groups is 1. The number of primary amides is 1. The fraction of sp³-hybridized carbons (Fsp3) is 0.176. The molecule has 1 aromatic carbocycles. The Balaban J connectivity index is 2.01. The summed E-state index contributed by atoms with van der Waals surface area (Å²) in [5.41, 5.74) is 6.60. The number of hydrogen-bond acceptors (Lipinski definition) is 6. The highest BCUT2D eigenvalue weighted by molar-refractivity contribution is 7.99. The second-order valence-corrected chi connectivity index (χ2v) is 7.14. The average molecular weight is 388 g/mol. The van der Waals surface area contributed by atoms with Gasteiger partial charge in [-0.3, -0.25) is 19.5 Å². The predicted octanol–water partition coefficient (Wildman–Crippen LogP) is 2.43. The fourth-order valence-corrected chi connectivity index (χ4v) is 4.38. The molecular weight excluding hydrogens is 372 g/mol. The number of aromatic nitrogens is 2. The van der Waals surface area contributed by atoms with Gasteiger partial charge in [0.2, 0.25) is 5.91 Å². The lowest BCUT2D eigenvalue weighted by atomic mass is 10.1. The SMILES string of the molecule is CCn1c(SCC(=O)NC(N)=O)nc2scc(-c3ccccc3)c2c1=O. The Kier molecular flexibility index (Phi) is 5.38. The van der Waals surface area contributed by atoms with Crippen molar-refractivity contribution >= 4 is 45.3 Å². The highest BCUT2D eigenvalue weighted by Gasteiger charge is 2.17. The van der Waals surface area contributed by atoms with Crippen molar-refractivity contribution in [3.63, 3.8) is 0 Å². The standard InChI is InChI=1S/C17H16N4O3S2/c1-2-21-15(23)13-11(10-6-4-3-5-7-10)8-25-14(13)20-17(21)26-9-12(22)19-16(18)24/h3-8H,2,9H2,1H3,(H3,18,19,22,24). The Bertz CT molecular complexity index is 1030. The van der Waals surface area contributed by atoms with Crippen LogP contribution in [0.1, 0.15) is 6.92 Å². The van der Waals surface area contributed by atoms with E-state index in [1.807, 2.05) is 48.0 Å². The number of rotatable bonds is 5. The molecule has 0 saturated carbocycles. The lowest BCUT2D eigenvalue weighted by molar-refractivity contribution is -0.117. The van der Waals surface area contributed by atoms with E-state index in [9.17, 15) is 14.4 Å². The first-order valence-electron chi connectivity index (χ1n) is 7.80. The van der Waals surface area contributed by atoms with E-state index in [4.69, 9.17) is 5.73 Å². The molecule has 0 aliphatic carbocycles. The third-order valence-electron chi connectivity index (χ3n) is 3.65. The summed E-state index contributed by atoms with van der Waals surface area (Å²) in [6.45, 7) is 2.27. The molecule has 26 heavy (non-hydrogen) atoms. The van der Waals surface area contributed by atoms with Gasteiger partial charge in [-0.25, -0.2) is 9.78 Å². The number of nitrogens with one attached hydrogen (secondary N) is 1. The van der Waals surface area contributed by atoms with Crippen molar-refractivity contribution in [3.05, 3.63) is 46.1 Å². The minimum Gasteiger partial charge on any atom is -0.351 e. The number of benzene rings is 1. The van der Waals surface area contributed by atoms with Crippen molar-refractivity contribution in [3.8, 4) is 11.1 Å². The molecule has 0 fully saturated rings. The van der Waals surface area contributed by atoms with Gasteiger partial charge in [-0.15, -0.1) is 11.3 Å². The minimum absolute atomic E-state index is 0.0577. The fourth-order valence-electron chi connectivity index (χ4n) is 2.53. The molecule has 0 spiro atoms. The molecule has 3 N–H and O–H groups in total. The topological polar surface area (TPSA) is 107 Å². The molecule has 3 aromatic rings. The smallest absolute Gasteiger partial charge is 0.318 e. The summed E-state index contributed by atoms with van der Waals surface area (Å²) < 4.78 is 1.53. The number of thioether (sulfide) groups is 1. The van der Waals surface area contributed by atoms with E-state index in [2.05, 4.69) is 4.98 Å². The van der Waals surface area contributed by atoms with Gasteiger partial charge in [-0.2, -0.15) is 0 Å². The summed E-state index contributed by atoms with van der Waals surface area (Å²) in [5.74, 6) is -0.590. The first-order valence-corrected chi connectivity index (χ1v) is 9.67. The molecule has 0 aliphatic heterocycles. The van der Waals surface area contributed by atoms with Crippen LogP contribution in [0.15, 0.2) is 45.7 Å². The molecule has 0 atom stereocenters. The van der Waals surface area contributed by atoms with Crippen molar-refractivity contribution in [1.29, 1.82) is 0 Å². The van der Waals surface area contributed by atoms with Crippen molar-refractivity contribution in [1.82, 2.24) is 14.9 Å². The average Bonchev–Trinajstić information content (AvgIpc) is 3.04. The molecule has 0 aliphatic rings. The molecule has 134 valence electrons. The Hall–Kier alpha value is -2.65. The quantitative estimate of drug-likeness (QED) is 0.516. The van der Waals surface area contributed by atoms with Gasteiger partial charge in [0.15, 0.2) is 5.16 Å². The van der Waals surface area contributed by atoms with Gasteiger partial charge >= 0.3 is 6.03 Å². The van der Waals surface area contributed by atoms with Gasteiger partial charge in [-0.1, -0.05) is 42.1 Å². The van der Waals surface area contributed by atoms with Crippen LogP contribution in [0, 0.1) is 0 Å². The van der Waals surface area contributed by atoms with Gasteiger partial charge in [0, 0.05) is 17.5 Å². The van der Waals surface area contributed by atoms with Gasteiger partial charge in [0.25, 0.3) is 5.56 Å². The zero-order chi connectivity index (χ0) is 18.7. The molecule has 0 unspecified atom stereocenters. The van der Waals surface area contributed by atoms with E-state index >= 15 is 0 Å². The van der Waals surface area contributed by atoms with Crippen LogP contribution in [0.4, 0.5) is 4.79 Å². The third kappa shape index (κ3) is 3.63. The number of imide groups is 1. The Labute approximate surface area is 157 Å². The summed E-state index contributed by atoms with van der Waals surface area (Å²) in [6.07, 6.45) is 0. The molecular formula is C17H16N4O3S2. The number of fused-ring (bicyclic) bond motifs is 1. The zero-order valence-electron chi connectivity index (χ0n) is 13.9. The summed E-state index contributed by atoms with van der Waals surface area (Å²) in [5, 5.41) is 4.93. The summed E-state index contributed by atoms with van der Waals surface area (Å²) in [7, 11) is 0. The second-order valence-electron chi connectivity index (χ2n) is 5.34. The maximum absolute atomic E-state index is 13.0. The molecule has 3 amide bonds. The summed E-state index contributed by atoms with van der Waals surface area (Å²) in [4.78, 5) is 40.5. The molecule has 7 nitrogen and oxygen atoms in total. The van der Waals surface area contributed by atoms with E-state index < -0.39 is 11.9 Å². The van der Waals surface area contributed by atoms with Crippen molar-refractivity contribution < 1.29 is 9.59 Å². The molecule has 0 radical (unpaired) electrons. The Morgan fingerprint density at radius 3 is 2.69 bits per heavy atom. The van der Waals surface area contributed by atoms with E-state index in [1.54, 1.807) is 0 Å². The van der Waals surface area contributed by atoms with Crippen molar-refractivity contribution in [2.45, 2.75) is 18.6 Å². The minimum atomic E-state index is -0.905. The number of nitrogens with two attached hydrogens (primary N) is 1. The van der Waals surface area contributed by atoms with Crippen LogP contribution in [0.2, 0.25) is 0 Å².